The Morgan fingerprint density at radius 2 is 2.00 bits per heavy atom. The van der Waals surface area contributed by atoms with Gasteiger partial charge >= 0.3 is 5.97 Å². The lowest BCUT2D eigenvalue weighted by molar-refractivity contribution is 0.0690. The lowest BCUT2D eigenvalue weighted by atomic mass is 9.93. The Bertz CT molecular complexity index is 678. The first-order chi connectivity index (χ1) is 12.2. The lowest BCUT2D eigenvalue weighted by Gasteiger charge is -2.34. The molecule has 1 N–H and O–H groups in total. The van der Waals surface area contributed by atoms with E-state index in [1.165, 1.54) is 18.4 Å². The monoisotopic (exact) mass is 342 g/mol. The van der Waals surface area contributed by atoms with Crippen LogP contribution < -0.4 is 0 Å². The molecular weight excluding hydrogens is 316 g/mol. The fourth-order valence-corrected chi connectivity index (χ4v) is 3.67. The van der Waals surface area contributed by atoms with E-state index in [4.69, 9.17) is 5.11 Å². The SMILES string of the molecule is CCCC(CN1CCC(n2cc(C(=O)O)nn2)CC1)c1ccccc1. The van der Waals surface area contributed by atoms with E-state index in [9.17, 15) is 4.79 Å². The van der Waals surface area contributed by atoms with E-state index < -0.39 is 5.97 Å². The molecule has 1 aliphatic rings. The number of piperidine rings is 1. The molecule has 2 heterocycles. The first-order valence-corrected chi connectivity index (χ1v) is 9.09. The molecule has 0 spiro atoms. The Labute approximate surface area is 148 Å². The van der Waals surface area contributed by atoms with Crippen LogP contribution in [-0.2, 0) is 0 Å². The number of carboxylic acid groups (broad SMARTS) is 1. The Hall–Kier alpha value is -2.21. The minimum absolute atomic E-state index is 0.0227. The van der Waals surface area contributed by atoms with Crippen molar-refractivity contribution < 1.29 is 9.90 Å². The maximum atomic E-state index is 10.9. The van der Waals surface area contributed by atoms with Gasteiger partial charge in [-0.2, -0.15) is 0 Å². The summed E-state index contributed by atoms with van der Waals surface area (Å²) in [6.07, 6.45) is 5.90. The molecule has 0 amide bonds. The number of rotatable bonds is 7. The summed E-state index contributed by atoms with van der Waals surface area (Å²) in [6, 6.07) is 11.0. The average Bonchev–Trinajstić information content (AvgIpc) is 3.13. The highest BCUT2D eigenvalue weighted by atomic mass is 16.4. The summed E-state index contributed by atoms with van der Waals surface area (Å²) >= 11 is 0. The first-order valence-electron chi connectivity index (χ1n) is 9.09. The highest BCUT2D eigenvalue weighted by Crippen LogP contribution is 2.27. The van der Waals surface area contributed by atoms with Crippen LogP contribution in [0.25, 0.3) is 0 Å². The van der Waals surface area contributed by atoms with E-state index in [2.05, 4.69) is 52.5 Å². The molecule has 0 bridgehead atoms. The minimum atomic E-state index is -1.02. The molecule has 2 aromatic rings. The van der Waals surface area contributed by atoms with Crippen molar-refractivity contribution in [1.29, 1.82) is 0 Å². The van der Waals surface area contributed by atoms with E-state index >= 15 is 0 Å². The molecule has 0 aliphatic carbocycles. The summed E-state index contributed by atoms with van der Waals surface area (Å²) in [7, 11) is 0. The van der Waals surface area contributed by atoms with Gasteiger partial charge in [-0.25, -0.2) is 9.48 Å². The summed E-state index contributed by atoms with van der Waals surface area (Å²) in [5, 5.41) is 16.7. The van der Waals surface area contributed by atoms with Crippen molar-refractivity contribution >= 4 is 5.97 Å². The van der Waals surface area contributed by atoms with Gasteiger partial charge in [-0.1, -0.05) is 48.9 Å². The third-order valence-corrected chi connectivity index (χ3v) is 5.05. The Balaban J connectivity index is 1.56. The zero-order chi connectivity index (χ0) is 17.6. The van der Waals surface area contributed by atoms with Gasteiger partial charge in [-0.05, 0) is 30.7 Å². The topological polar surface area (TPSA) is 71.2 Å². The zero-order valence-electron chi connectivity index (χ0n) is 14.7. The van der Waals surface area contributed by atoms with Gasteiger partial charge in [0.15, 0.2) is 5.69 Å². The number of benzene rings is 1. The van der Waals surface area contributed by atoms with Crippen LogP contribution in [0.3, 0.4) is 0 Å². The van der Waals surface area contributed by atoms with Gasteiger partial charge in [-0.15, -0.1) is 5.10 Å². The van der Waals surface area contributed by atoms with E-state index in [0.717, 1.165) is 32.5 Å². The van der Waals surface area contributed by atoms with Crippen molar-refractivity contribution in [2.75, 3.05) is 19.6 Å². The number of hydrogen-bond acceptors (Lipinski definition) is 4. The molecule has 1 aromatic heterocycles. The number of aromatic carboxylic acids is 1. The number of carboxylic acids is 1. The number of carbonyl (C=O) groups is 1. The zero-order valence-corrected chi connectivity index (χ0v) is 14.7. The van der Waals surface area contributed by atoms with E-state index in [0.29, 0.717) is 5.92 Å². The smallest absolute Gasteiger partial charge is 0.358 e. The van der Waals surface area contributed by atoms with Gasteiger partial charge in [0, 0.05) is 19.6 Å². The quantitative estimate of drug-likeness (QED) is 0.837. The molecule has 1 aliphatic heterocycles. The molecule has 25 heavy (non-hydrogen) atoms. The molecule has 3 rings (SSSR count). The summed E-state index contributed by atoms with van der Waals surface area (Å²) in [6.45, 7) is 5.36. The van der Waals surface area contributed by atoms with Crippen molar-refractivity contribution in [3.63, 3.8) is 0 Å². The summed E-state index contributed by atoms with van der Waals surface area (Å²) in [5.74, 6) is -0.443. The average molecular weight is 342 g/mol. The van der Waals surface area contributed by atoms with Gasteiger partial charge < -0.3 is 10.0 Å². The predicted octanol–water partition coefficient (Wildman–Crippen LogP) is 3.20. The molecule has 6 nitrogen and oxygen atoms in total. The fourth-order valence-electron chi connectivity index (χ4n) is 3.67. The van der Waals surface area contributed by atoms with Crippen LogP contribution in [0.4, 0.5) is 0 Å². The second-order valence-corrected chi connectivity index (χ2v) is 6.82. The molecule has 0 saturated carbocycles. The Kier molecular flexibility index (Phi) is 5.81. The molecule has 1 fully saturated rings. The predicted molar refractivity (Wildman–Crippen MR) is 95.8 cm³/mol. The minimum Gasteiger partial charge on any atom is -0.476 e. The van der Waals surface area contributed by atoms with Crippen LogP contribution in [0.1, 0.15) is 60.6 Å². The summed E-state index contributed by atoms with van der Waals surface area (Å²) < 4.78 is 1.72. The third kappa shape index (κ3) is 4.45. The number of nitrogens with zero attached hydrogens (tertiary/aromatic N) is 4. The maximum absolute atomic E-state index is 10.9. The van der Waals surface area contributed by atoms with Crippen LogP contribution in [0, 0.1) is 0 Å². The van der Waals surface area contributed by atoms with Gasteiger partial charge in [0.1, 0.15) is 0 Å². The highest BCUT2D eigenvalue weighted by Gasteiger charge is 2.24. The molecule has 1 atom stereocenters. The van der Waals surface area contributed by atoms with E-state index in [1.54, 1.807) is 10.9 Å². The Morgan fingerprint density at radius 3 is 2.60 bits per heavy atom. The molecule has 1 saturated heterocycles. The summed E-state index contributed by atoms with van der Waals surface area (Å²) in [4.78, 5) is 13.5. The molecule has 1 unspecified atom stereocenters. The molecule has 0 radical (unpaired) electrons. The number of aromatic nitrogens is 3. The molecular formula is C19H26N4O2. The van der Waals surface area contributed by atoms with Crippen molar-refractivity contribution in [3.05, 3.63) is 47.8 Å². The van der Waals surface area contributed by atoms with Crippen LogP contribution in [0.15, 0.2) is 36.5 Å². The van der Waals surface area contributed by atoms with Gasteiger partial charge in [0.25, 0.3) is 0 Å². The lowest BCUT2D eigenvalue weighted by Crippen LogP contribution is -2.37. The maximum Gasteiger partial charge on any atom is 0.358 e. The fraction of sp³-hybridized carbons (Fsp3) is 0.526. The number of likely N-dealkylation sites (tertiary alicyclic amines) is 1. The van der Waals surface area contributed by atoms with Gasteiger partial charge in [0.2, 0.25) is 0 Å². The van der Waals surface area contributed by atoms with Crippen molar-refractivity contribution in [2.24, 2.45) is 0 Å². The Morgan fingerprint density at radius 1 is 1.28 bits per heavy atom. The van der Waals surface area contributed by atoms with Crippen molar-refractivity contribution in [2.45, 2.75) is 44.6 Å². The second-order valence-electron chi connectivity index (χ2n) is 6.82. The van der Waals surface area contributed by atoms with E-state index in [-0.39, 0.29) is 11.7 Å². The molecule has 1 aromatic carbocycles. The van der Waals surface area contributed by atoms with Crippen LogP contribution in [0.5, 0.6) is 0 Å². The van der Waals surface area contributed by atoms with Crippen molar-refractivity contribution in [1.82, 2.24) is 19.9 Å². The van der Waals surface area contributed by atoms with Gasteiger partial charge in [-0.3, -0.25) is 0 Å². The van der Waals surface area contributed by atoms with E-state index in [1.807, 2.05) is 0 Å². The molecule has 134 valence electrons. The number of hydrogen-bond donors (Lipinski definition) is 1. The first kappa shape index (κ1) is 17.6. The second kappa shape index (κ2) is 8.25. The van der Waals surface area contributed by atoms with Gasteiger partial charge in [0.05, 0.1) is 12.2 Å². The summed E-state index contributed by atoms with van der Waals surface area (Å²) in [5.41, 5.74) is 1.45. The largest absolute Gasteiger partial charge is 0.476 e. The van der Waals surface area contributed by atoms with Crippen LogP contribution in [0.2, 0.25) is 0 Å². The molecule has 6 heteroatoms. The van der Waals surface area contributed by atoms with Crippen LogP contribution in [-0.4, -0.2) is 50.6 Å². The highest BCUT2D eigenvalue weighted by molar-refractivity contribution is 5.84. The standard InChI is InChI=1S/C19H26N4O2/c1-2-6-16(15-7-4-3-5-8-15)13-22-11-9-17(10-12-22)23-14-18(19(24)25)20-21-23/h3-5,7-8,14,16-17H,2,6,9-13H2,1H3,(H,24,25). The third-order valence-electron chi connectivity index (χ3n) is 5.05. The normalized spacial score (nSPS) is 17.5. The van der Waals surface area contributed by atoms with Crippen LogP contribution >= 0.6 is 0 Å². The van der Waals surface area contributed by atoms with Crippen molar-refractivity contribution in [3.8, 4) is 0 Å².